The van der Waals surface area contributed by atoms with E-state index in [2.05, 4.69) is 79.7 Å². The quantitative estimate of drug-likeness (QED) is 0.437. The number of aromatic hydroxyl groups is 1. The number of aliphatic hydroxyl groups excluding tert-OH is 1. The Morgan fingerprint density at radius 3 is 2.00 bits per heavy atom. The Morgan fingerprint density at radius 1 is 0.903 bits per heavy atom. The van der Waals surface area contributed by atoms with E-state index in [1.165, 1.54) is 10.9 Å². The van der Waals surface area contributed by atoms with Gasteiger partial charge in [0, 0.05) is 10.7 Å². The van der Waals surface area contributed by atoms with Gasteiger partial charge < -0.3 is 10.2 Å². The summed E-state index contributed by atoms with van der Waals surface area (Å²) in [5.41, 5.74) is 4.18. The molecule has 2 nitrogen and oxygen atoms in total. The number of aliphatic hydroxyl groups is 1. The monoisotopic (exact) mass is 442 g/mol. The Bertz CT molecular complexity index is 887. The van der Waals surface area contributed by atoms with Crippen LogP contribution in [-0.4, -0.2) is 10.2 Å². The Kier molecular flexibility index (Phi) is 8.05. The fourth-order valence-electron chi connectivity index (χ4n) is 4.13. The van der Waals surface area contributed by atoms with Crippen molar-refractivity contribution in [3.63, 3.8) is 0 Å². The topological polar surface area (TPSA) is 40.5 Å². The van der Waals surface area contributed by atoms with Crippen LogP contribution in [0.5, 0.6) is 5.75 Å². The highest BCUT2D eigenvalue weighted by Crippen LogP contribution is 2.51. The number of phenolic OH excluding ortho intramolecular Hbond substituents is 1. The van der Waals surface area contributed by atoms with Gasteiger partial charge in [-0.1, -0.05) is 113 Å². The fourth-order valence-corrected chi connectivity index (χ4v) is 5.96. The van der Waals surface area contributed by atoms with E-state index in [4.69, 9.17) is 0 Å². The van der Waals surface area contributed by atoms with Crippen molar-refractivity contribution in [1.82, 2.24) is 0 Å². The normalized spacial score (nSPS) is 15.9. The van der Waals surface area contributed by atoms with Gasteiger partial charge in [-0.25, -0.2) is 0 Å². The van der Waals surface area contributed by atoms with Gasteiger partial charge in [-0.2, -0.15) is 0 Å². The third kappa shape index (κ3) is 6.11. The molecule has 2 aromatic carbocycles. The lowest BCUT2D eigenvalue weighted by molar-refractivity contribution is 0.200. The molecule has 3 unspecified atom stereocenters. The second-order valence-corrected chi connectivity index (χ2v) is 13.1. The fraction of sp³-hybridized carbons (Fsp3) is 0.571. The number of benzene rings is 2. The molecule has 3 heteroatoms. The van der Waals surface area contributed by atoms with Gasteiger partial charge in [0.2, 0.25) is 0 Å². The molecule has 0 aromatic heterocycles. The van der Waals surface area contributed by atoms with Crippen LogP contribution in [0, 0.1) is 0 Å². The third-order valence-corrected chi connectivity index (χ3v) is 8.03. The average Bonchev–Trinajstić information content (AvgIpc) is 2.64. The van der Waals surface area contributed by atoms with Gasteiger partial charge in [-0.3, -0.25) is 0 Å². The van der Waals surface area contributed by atoms with Crippen molar-refractivity contribution in [2.75, 3.05) is 0 Å². The lowest BCUT2D eigenvalue weighted by atomic mass is 9.77. The lowest BCUT2D eigenvalue weighted by Gasteiger charge is -2.36. The summed E-state index contributed by atoms with van der Waals surface area (Å²) in [7, 11) is 0.463. The van der Waals surface area contributed by atoms with E-state index in [9.17, 15) is 10.2 Å². The smallest absolute Gasteiger partial charge is 0.123 e. The maximum absolute atomic E-state index is 11.6. The van der Waals surface area contributed by atoms with Crippen molar-refractivity contribution in [2.45, 2.75) is 104 Å². The molecule has 0 fully saturated rings. The molecule has 2 aromatic rings. The van der Waals surface area contributed by atoms with Crippen LogP contribution in [0.1, 0.15) is 110 Å². The maximum atomic E-state index is 11.6. The summed E-state index contributed by atoms with van der Waals surface area (Å²) in [6.07, 6.45) is 2.72. The largest absolute Gasteiger partial charge is 0.507 e. The first-order chi connectivity index (χ1) is 14.2. The van der Waals surface area contributed by atoms with Crippen LogP contribution in [0.15, 0.2) is 36.4 Å². The Balaban J connectivity index is 2.75. The molecule has 0 amide bonds. The van der Waals surface area contributed by atoms with Crippen LogP contribution in [0.4, 0.5) is 0 Å². The Hall–Kier alpha value is -1.37. The van der Waals surface area contributed by atoms with Crippen LogP contribution in [0.25, 0.3) is 0 Å². The molecule has 0 heterocycles. The van der Waals surface area contributed by atoms with Gasteiger partial charge >= 0.3 is 0 Å². The van der Waals surface area contributed by atoms with E-state index in [1.54, 1.807) is 0 Å². The van der Waals surface area contributed by atoms with E-state index in [0.717, 1.165) is 36.0 Å². The summed E-state index contributed by atoms with van der Waals surface area (Å²) < 4.78 is 0. The molecule has 0 aliphatic heterocycles. The summed E-state index contributed by atoms with van der Waals surface area (Å²) in [4.78, 5) is 0. The number of rotatable bonds is 7. The van der Waals surface area contributed by atoms with Crippen molar-refractivity contribution in [2.24, 2.45) is 0 Å². The second-order valence-electron chi connectivity index (χ2n) is 11.2. The number of hydrogen-bond donors (Lipinski definition) is 2. The Morgan fingerprint density at radius 2 is 1.48 bits per heavy atom. The van der Waals surface area contributed by atoms with Gasteiger partial charge in [0.25, 0.3) is 0 Å². The van der Waals surface area contributed by atoms with Gasteiger partial charge in [0.1, 0.15) is 5.75 Å². The highest BCUT2D eigenvalue weighted by atomic mass is 31.1. The molecule has 0 saturated heterocycles. The lowest BCUT2D eigenvalue weighted by Crippen LogP contribution is -2.25. The Labute approximate surface area is 192 Å². The van der Waals surface area contributed by atoms with Crippen LogP contribution >= 0.6 is 8.58 Å². The first-order valence-corrected chi connectivity index (χ1v) is 12.6. The molecule has 0 radical (unpaired) electrons. The molecule has 0 aliphatic rings. The van der Waals surface area contributed by atoms with E-state index in [1.807, 2.05) is 19.1 Å². The number of hydrogen-bond acceptors (Lipinski definition) is 2. The molecule has 172 valence electrons. The molecule has 2 rings (SSSR count). The molecule has 3 atom stereocenters. The molecule has 0 saturated carbocycles. The third-order valence-electron chi connectivity index (χ3n) is 6.23. The van der Waals surface area contributed by atoms with Crippen LogP contribution in [0.2, 0.25) is 0 Å². The SMILES string of the molecule is CCCCC(C)(Pc1ccccc1C(C)O)c1cc(C(C)(C)C)cc(C(C)(C)C)c1O. The molecular weight excluding hydrogens is 399 g/mol. The minimum absolute atomic E-state index is 0.00521. The molecule has 0 spiro atoms. The minimum atomic E-state index is -0.501. The predicted octanol–water partition coefficient (Wildman–Crippen LogP) is 7.45. The zero-order chi connectivity index (χ0) is 23.6. The highest BCUT2D eigenvalue weighted by Gasteiger charge is 2.35. The summed E-state index contributed by atoms with van der Waals surface area (Å²) in [5.74, 6) is 0.445. The minimum Gasteiger partial charge on any atom is -0.507 e. The number of unbranched alkanes of at least 4 members (excludes halogenated alkanes) is 1. The van der Waals surface area contributed by atoms with Gasteiger partial charge in [0.15, 0.2) is 0 Å². The summed E-state index contributed by atoms with van der Waals surface area (Å²) in [6.45, 7) is 19.6. The first kappa shape index (κ1) is 25.9. The van der Waals surface area contributed by atoms with Crippen LogP contribution in [0.3, 0.4) is 0 Å². The van der Waals surface area contributed by atoms with Crippen LogP contribution < -0.4 is 5.30 Å². The summed E-state index contributed by atoms with van der Waals surface area (Å²) in [6, 6.07) is 12.7. The zero-order valence-corrected chi connectivity index (χ0v) is 22.1. The highest BCUT2D eigenvalue weighted by molar-refractivity contribution is 7.48. The van der Waals surface area contributed by atoms with E-state index in [0.29, 0.717) is 14.3 Å². The van der Waals surface area contributed by atoms with Gasteiger partial charge in [-0.05, 0) is 46.2 Å². The molecular formula is C28H43O2P. The van der Waals surface area contributed by atoms with Crippen molar-refractivity contribution in [1.29, 1.82) is 0 Å². The van der Waals surface area contributed by atoms with E-state index in [-0.39, 0.29) is 16.0 Å². The van der Waals surface area contributed by atoms with Crippen molar-refractivity contribution in [3.8, 4) is 5.75 Å². The molecule has 0 bridgehead atoms. The first-order valence-electron chi connectivity index (χ1n) is 11.6. The maximum Gasteiger partial charge on any atom is 0.123 e. The molecule has 2 N–H and O–H groups in total. The second kappa shape index (κ2) is 9.63. The summed E-state index contributed by atoms with van der Waals surface area (Å²) >= 11 is 0. The predicted molar refractivity (Wildman–Crippen MR) is 137 cm³/mol. The molecule has 31 heavy (non-hydrogen) atoms. The van der Waals surface area contributed by atoms with E-state index >= 15 is 0 Å². The standard InChI is InChI=1S/C28H43O2P/c1-10-11-16-28(9,31-24-15-13-12-14-21(24)19(2)29)23-18-20(26(3,4)5)17-22(25(23)30)27(6,7)8/h12-15,17-19,29-31H,10-11,16H2,1-9H3. The van der Waals surface area contributed by atoms with Gasteiger partial charge in [0.05, 0.1) is 6.10 Å². The van der Waals surface area contributed by atoms with Crippen molar-refractivity contribution >= 4 is 13.9 Å². The van der Waals surface area contributed by atoms with Crippen molar-refractivity contribution < 1.29 is 10.2 Å². The summed E-state index contributed by atoms with van der Waals surface area (Å²) in [5, 5.41) is 22.9. The zero-order valence-electron chi connectivity index (χ0n) is 21.1. The van der Waals surface area contributed by atoms with Crippen LogP contribution in [-0.2, 0) is 16.0 Å². The number of phenols is 1. The average molecular weight is 443 g/mol. The van der Waals surface area contributed by atoms with Crippen molar-refractivity contribution in [3.05, 3.63) is 58.7 Å². The van der Waals surface area contributed by atoms with E-state index < -0.39 is 6.10 Å². The molecule has 0 aliphatic carbocycles. The van der Waals surface area contributed by atoms with Gasteiger partial charge in [-0.15, -0.1) is 0 Å².